The number of hydrogen-bond acceptors (Lipinski definition) is 3. The van der Waals surface area contributed by atoms with E-state index < -0.39 is 0 Å². The number of aliphatic imine (C=N–C) groups is 1. The first kappa shape index (κ1) is 18.7. The van der Waals surface area contributed by atoms with Crippen LogP contribution in [0.2, 0.25) is 0 Å². The lowest BCUT2D eigenvalue weighted by molar-refractivity contribution is -0.127. The van der Waals surface area contributed by atoms with Crippen LogP contribution in [0.3, 0.4) is 0 Å². The van der Waals surface area contributed by atoms with Crippen molar-refractivity contribution >= 4 is 11.9 Å². The highest BCUT2D eigenvalue weighted by Gasteiger charge is 2.18. The highest BCUT2D eigenvalue weighted by atomic mass is 16.5. The van der Waals surface area contributed by atoms with Gasteiger partial charge in [0, 0.05) is 46.9 Å². The summed E-state index contributed by atoms with van der Waals surface area (Å²) >= 11 is 0. The lowest BCUT2D eigenvalue weighted by Gasteiger charge is -2.30. The molecule has 0 aromatic heterocycles. The van der Waals surface area contributed by atoms with Crippen molar-refractivity contribution in [2.75, 3.05) is 47.4 Å². The molecule has 0 radical (unpaired) electrons. The molecular weight excluding hydrogens is 280 g/mol. The van der Waals surface area contributed by atoms with Crippen molar-refractivity contribution < 1.29 is 9.53 Å². The minimum Gasteiger partial charge on any atom is -0.381 e. The Kier molecular flexibility index (Phi) is 8.24. The molecule has 1 fully saturated rings. The number of guanidine groups is 1. The van der Waals surface area contributed by atoms with E-state index in [2.05, 4.69) is 29.1 Å². The molecule has 1 atom stereocenters. The van der Waals surface area contributed by atoms with Gasteiger partial charge in [0.15, 0.2) is 5.96 Å². The third-order valence-corrected chi connectivity index (χ3v) is 4.09. The number of nitrogens with one attached hydrogen (secondary N) is 1. The highest BCUT2D eigenvalue weighted by Crippen LogP contribution is 2.15. The van der Waals surface area contributed by atoms with Crippen molar-refractivity contribution in [2.24, 2.45) is 10.9 Å². The van der Waals surface area contributed by atoms with Crippen molar-refractivity contribution in [1.82, 2.24) is 15.1 Å². The quantitative estimate of drug-likeness (QED) is 0.591. The normalized spacial score (nSPS) is 18.0. The maximum Gasteiger partial charge on any atom is 0.243 e. The lowest BCUT2D eigenvalue weighted by Crippen LogP contribution is -2.46. The second-order valence-corrected chi connectivity index (χ2v) is 6.32. The number of nitrogens with zero attached hydrogens (tertiary/aromatic N) is 3. The average molecular weight is 312 g/mol. The van der Waals surface area contributed by atoms with Crippen LogP contribution in [0, 0.1) is 5.92 Å². The molecule has 0 saturated carbocycles. The Labute approximate surface area is 134 Å². The maximum atomic E-state index is 11.8. The van der Waals surface area contributed by atoms with Crippen molar-refractivity contribution in [1.29, 1.82) is 0 Å². The molecule has 1 amide bonds. The van der Waals surface area contributed by atoms with Gasteiger partial charge in [0.05, 0.1) is 0 Å². The molecule has 0 bridgehead atoms. The summed E-state index contributed by atoms with van der Waals surface area (Å²) in [5.74, 6) is 1.46. The van der Waals surface area contributed by atoms with Crippen LogP contribution in [0.15, 0.2) is 4.99 Å². The number of carbonyl (C=O) groups is 1. The summed E-state index contributed by atoms with van der Waals surface area (Å²) in [6.07, 6.45) is 3.21. The second kappa shape index (κ2) is 9.66. The number of rotatable bonds is 6. The van der Waals surface area contributed by atoms with Crippen LogP contribution in [0.5, 0.6) is 0 Å². The molecule has 22 heavy (non-hydrogen) atoms. The zero-order chi connectivity index (χ0) is 16.5. The molecule has 1 saturated heterocycles. The molecule has 0 aromatic rings. The Balaban J connectivity index is 2.65. The molecule has 1 aliphatic heterocycles. The summed E-state index contributed by atoms with van der Waals surface area (Å²) in [5, 5.41) is 3.42. The van der Waals surface area contributed by atoms with Gasteiger partial charge >= 0.3 is 0 Å². The van der Waals surface area contributed by atoms with Gasteiger partial charge in [-0.15, -0.1) is 0 Å². The van der Waals surface area contributed by atoms with Gasteiger partial charge in [0.25, 0.3) is 0 Å². The maximum absolute atomic E-state index is 11.8. The van der Waals surface area contributed by atoms with E-state index >= 15 is 0 Å². The van der Waals surface area contributed by atoms with Gasteiger partial charge in [0.1, 0.15) is 6.54 Å². The number of likely N-dealkylation sites (N-methyl/N-ethyl adjacent to an activating group) is 1. The van der Waals surface area contributed by atoms with Crippen molar-refractivity contribution in [2.45, 2.75) is 39.2 Å². The van der Waals surface area contributed by atoms with Gasteiger partial charge in [-0.2, -0.15) is 0 Å². The molecule has 0 aliphatic carbocycles. The molecule has 6 nitrogen and oxygen atoms in total. The third kappa shape index (κ3) is 6.64. The standard InChI is InChI=1S/C16H32N4O2/c1-6-13(2)18-16(17-11-15(21)19(3)4)20(5)12-14-7-9-22-10-8-14/h13-14H,6-12H2,1-5H3,(H,17,18). The molecule has 6 heteroatoms. The summed E-state index contributed by atoms with van der Waals surface area (Å²) in [6, 6.07) is 0.338. The fourth-order valence-corrected chi connectivity index (χ4v) is 2.29. The Hall–Kier alpha value is -1.30. The van der Waals surface area contributed by atoms with Crippen molar-refractivity contribution in [3.63, 3.8) is 0 Å². The van der Waals surface area contributed by atoms with Crippen LogP contribution < -0.4 is 5.32 Å². The fourth-order valence-electron chi connectivity index (χ4n) is 2.29. The molecular formula is C16H32N4O2. The van der Waals surface area contributed by atoms with Crippen LogP contribution in [0.25, 0.3) is 0 Å². The number of amides is 1. The minimum absolute atomic E-state index is 0.0166. The number of carbonyl (C=O) groups excluding carboxylic acids is 1. The van der Waals surface area contributed by atoms with Gasteiger partial charge in [-0.3, -0.25) is 4.79 Å². The Morgan fingerprint density at radius 2 is 1.95 bits per heavy atom. The third-order valence-electron chi connectivity index (χ3n) is 4.09. The Morgan fingerprint density at radius 3 is 2.50 bits per heavy atom. The summed E-state index contributed by atoms with van der Waals surface area (Å²) in [4.78, 5) is 20.0. The number of ether oxygens (including phenoxy) is 1. The van der Waals surface area contributed by atoms with E-state index in [9.17, 15) is 4.79 Å². The first-order valence-corrected chi connectivity index (χ1v) is 8.24. The first-order valence-electron chi connectivity index (χ1n) is 8.24. The monoisotopic (exact) mass is 312 g/mol. The molecule has 1 aliphatic rings. The molecule has 128 valence electrons. The van der Waals surface area contributed by atoms with E-state index in [-0.39, 0.29) is 12.5 Å². The molecule has 1 rings (SSSR count). The van der Waals surface area contributed by atoms with Crippen LogP contribution in [0.1, 0.15) is 33.1 Å². The van der Waals surface area contributed by atoms with Crippen LogP contribution >= 0.6 is 0 Å². The van der Waals surface area contributed by atoms with Gasteiger partial charge in [-0.1, -0.05) is 6.92 Å². The SMILES string of the molecule is CCC(C)NC(=NCC(=O)N(C)C)N(C)CC1CCOCC1. The smallest absolute Gasteiger partial charge is 0.243 e. The lowest BCUT2D eigenvalue weighted by atomic mass is 10.00. The molecule has 0 spiro atoms. The zero-order valence-electron chi connectivity index (χ0n) is 14.8. The highest BCUT2D eigenvalue weighted by molar-refractivity contribution is 5.84. The Morgan fingerprint density at radius 1 is 1.32 bits per heavy atom. The van der Waals surface area contributed by atoms with Crippen LogP contribution in [-0.2, 0) is 9.53 Å². The molecule has 1 N–H and O–H groups in total. The second-order valence-electron chi connectivity index (χ2n) is 6.32. The molecule has 1 unspecified atom stereocenters. The van der Waals surface area contributed by atoms with Gasteiger partial charge in [-0.25, -0.2) is 4.99 Å². The summed E-state index contributed by atoms with van der Waals surface area (Å²) < 4.78 is 5.41. The van der Waals surface area contributed by atoms with E-state index in [1.165, 1.54) is 0 Å². The summed E-state index contributed by atoms with van der Waals surface area (Å²) in [5.41, 5.74) is 0. The zero-order valence-corrected chi connectivity index (χ0v) is 14.8. The van der Waals surface area contributed by atoms with Gasteiger partial charge in [0.2, 0.25) is 5.91 Å². The average Bonchev–Trinajstić information content (AvgIpc) is 2.51. The summed E-state index contributed by atoms with van der Waals surface area (Å²) in [6.45, 7) is 7.10. The predicted molar refractivity (Wildman–Crippen MR) is 90.1 cm³/mol. The minimum atomic E-state index is 0.0166. The van der Waals surface area contributed by atoms with E-state index in [1.54, 1.807) is 19.0 Å². The van der Waals surface area contributed by atoms with Gasteiger partial charge < -0.3 is 19.9 Å². The van der Waals surface area contributed by atoms with Crippen molar-refractivity contribution in [3.05, 3.63) is 0 Å². The first-order chi connectivity index (χ1) is 10.4. The van der Waals surface area contributed by atoms with Gasteiger partial charge in [-0.05, 0) is 32.1 Å². The molecule has 1 heterocycles. The number of hydrogen-bond donors (Lipinski definition) is 1. The van der Waals surface area contributed by atoms with Crippen LogP contribution in [-0.4, -0.2) is 75.2 Å². The van der Waals surface area contributed by atoms with E-state index in [1.807, 2.05) is 7.05 Å². The molecule has 0 aromatic carbocycles. The predicted octanol–water partition coefficient (Wildman–Crippen LogP) is 1.18. The largest absolute Gasteiger partial charge is 0.381 e. The van der Waals surface area contributed by atoms with E-state index in [0.717, 1.165) is 45.0 Å². The van der Waals surface area contributed by atoms with Crippen LogP contribution in [0.4, 0.5) is 0 Å². The topological polar surface area (TPSA) is 57.2 Å². The Bertz CT molecular complexity index is 365. The summed E-state index contributed by atoms with van der Waals surface area (Å²) in [7, 11) is 5.56. The fraction of sp³-hybridized carbons (Fsp3) is 0.875. The van der Waals surface area contributed by atoms with E-state index in [0.29, 0.717) is 12.0 Å². The van der Waals surface area contributed by atoms with Crippen molar-refractivity contribution in [3.8, 4) is 0 Å². The van der Waals surface area contributed by atoms with E-state index in [4.69, 9.17) is 4.74 Å².